The van der Waals surface area contributed by atoms with E-state index in [0.717, 1.165) is 5.56 Å². The summed E-state index contributed by atoms with van der Waals surface area (Å²) in [5.41, 5.74) is 1.44. The quantitative estimate of drug-likeness (QED) is 0.385. The van der Waals surface area contributed by atoms with Crippen LogP contribution in [0.2, 0.25) is 0 Å². The predicted molar refractivity (Wildman–Crippen MR) is 98.6 cm³/mol. The molecule has 27 heavy (non-hydrogen) atoms. The van der Waals surface area contributed by atoms with Crippen LogP contribution in [0.3, 0.4) is 0 Å². The van der Waals surface area contributed by atoms with Gasteiger partial charge in [0.15, 0.2) is 5.76 Å². The van der Waals surface area contributed by atoms with E-state index in [4.69, 9.17) is 13.9 Å². The molecule has 0 radical (unpaired) electrons. The summed E-state index contributed by atoms with van der Waals surface area (Å²) in [6, 6.07) is 17.5. The largest absolute Gasteiger partial charge is 0.457 e. The molecule has 1 aromatic heterocycles. The number of esters is 1. The molecule has 0 saturated heterocycles. The van der Waals surface area contributed by atoms with Crippen LogP contribution in [0.4, 0.5) is 0 Å². The molecule has 0 N–H and O–H groups in total. The molecule has 3 aromatic rings. The smallest absolute Gasteiger partial charge is 0.379 e. The topological polar surface area (TPSA) is 65.7 Å². The third-order valence-corrected chi connectivity index (χ3v) is 3.91. The van der Waals surface area contributed by atoms with E-state index in [0.29, 0.717) is 11.3 Å². The zero-order valence-corrected chi connectivity index (χ0v) is 14.1. The molecule has 0 fully saturated rings. The Bertz CT molecular complexity index is 1040. The molecular weight excluding hydrogens is 344 g/mol. The van der Waals surface area contributed by atoms with Crippen LogP contribution in [-0.2, 0) is 0 Å². The van der Waals surface area contributed by atoms with E-state index in [2.05, 4.69) is 0 Å². The summed E-state index contributed by atoms with van der Waals surface area (Å²) in [6.45, 7) is 0. The average molecular weight is 358 g/mol. The van der Waals surface area contributed by atoms with E-state index in [1.165, 1.54) is 18.4 Å². The fraction of sp³-hybridized carbons (Fsp3) is 0. The van der Waals surface area contributed by atoms with Gasteiger partial charge in [-0.3, -0.25) is 4.79 Å². The summed E-state index contributed by atoms with van der Waals surface area (Å²) in [5.74, 6) is 0.0939. The lowest BCUT2D eigenvalue weighted by molar-refractivity contribution is 0.0701. The minimum atomic E-state index is -0.620. The molecule has 5 heteroatoms. The second-order valence-electron chi connectivity index (χ2n) is 5.76. The van der Waals surface area contributed by atoms with E-state index in [-0.39, 0.29) is 23.1 Å². The summed E-state index contributed by atoms with van der Waals surface area (Å²) < 4.78 is 15.9. The number of benzene rings is 2. The van der Waals surface area contributed by atoms with Crippen LogP contribution < -0.4 is 9.47 Å². The predicted octanol–water partition coefficient (Wildman–Crippen LogP) is 4.67. The van der Waals surface area contributed by atoms with E-state index >= 15 is 0 Å². The normalized spacial score (nSPS) is 14.4. The van der Waals surface area contributed by atoms with Crippen LogP contribution in [0.25, 0.3) is 6.08 Å². The number of allylic oxidation sites excluding steroid dienone is 3. The second kappa shape index (κ2) is 7.17. The van der Waals surface area contributed by atoms with Crippen LogP contribution in [-0.4, -0.2) is 11.8 Å². The molecule has 0 unspecified atom stereocenters. The van der Waals surface area contributed by atoms with Gasteiger partial charge in [0.1, 0.15) is 11.5 Å². The van der Waals surface area contributed by atoms with Crippen molar-refractivity contribution in [2.24, 2.45) is 0 Å². The molecule has 5 nitrogen and oxygen atoms in total. The first-order chi connectivity index (χ1) is 13.2. The maximum absolute atomic E-state index is 12.4. The van der Waals surface area contributed by atoms with Gasteiger partial charge in [-0.05, 0) is 35.9 Å². The molecule has 132 valence electrons. The van der Waals surface area contributed by atoms with Gasteiger partial charge in [-0.15, -0.1) is 0 Å². The van der Waals surface area contributed by atoms with Crippen molar-refractivity contribution in [1.29, 1.82) is 0 Å². The molecule has 0 aliphatic carbocycles. The van der Waals surface area contributed by atoms with Crippen LogP contribution in [0, 0.1) is 0 Å². The highest BCUT2D eigenvalue weighted by Crippen LogP contribution is 2.34. The van der Waals surface area contributed by atoms with Gasteiger partial charge in [0.25, 0.3) is 0 Å². The van der Waals surface area contributed by atoms with Gasteiger partial charge in [-0.2, -0.15) is 0 Å². The Morgan fingerprint density at radius 1 is 1.00 bits per heavy atom. The first-order valence-corrected chi connectivity index (χ1v) is 8.26. The van der Waals surface area contributed by atoms with E-state index in [1.54, 1.807) is 30.4 Å². The van der Waals surface area contributed by atoms with Crippen molar-refractivity contribution in [3.8, 4) is 11.5 Å². The SMILES string of the molecule is O=C(Oc1ccc2c(c1)OC(=CC=Cc1ccccc1)C2=O)c1ccco1. The molecule has 2 aromatic carbocycles. The number of ketones is 1. The fourth-order valence-corrected chi connectivity index (χ4v) is 2.61. The van der Waals surface area contributed by atoms with Crippen molar-refractivity contribution < 1.29 is 23.5 Å². The Labute approximate surface area is 155 Å². The number of carbonyl (C=O) groups excluding carboxylic acids is 2. The van der Waals surface area contributed by atoms with Crippen molar-refractivity contribution in [3.63, 3.8) is 0 Å². The standard InChI is InChI=1S/C22H14O5/c23-21-17-12-11-16(26-22(24)19-10-5-13-25-19)14-20(17)27-18(21)9-4-8-15-6-2-1-3-7-15/h1-14H. The summed E-state index contributed by atoms with van der Waals surface area (Å²) in [6.07, 6.45) is 6.64. The van der Waals surface area contributed by atoms with Gasteiger partial charge in [-0.25, -0.2) is 4.79 Å². The van der Waals surface area contributed by atoms with Crippen molar-refractivity contribution >= 4 is 17.8 Å². The number of Topliss-reactive ketones (excluding diaryl/α,β-unsaturated/α-hetero) is 1. The van der Waals surface area contributed by atoms with Gasteiger partial charge in [0.2, 0.25) is 11.5 Å². The number of rotatable bonds is 4. The van der Waals surface area contributed by atoms with Crippen molar-refractivity contribution in [1.82, 2.24) is 0 Å². The zero-order chi connectivity index (χ0) is 18.6. The Morgan fingerprint density at radius 3 is 2.63 bits per heavy atom. The molecule has 1 aliphatic rings. The highest BCUT2D eigenvalue weighted by molar-refractivity contribution is 6.12. The highest BCUT2D eigenvalue weighted by atomic mass is 16.5. The molecule has 4 rings (SSSR count). The Hall–Kier alpha value is -3.86. The zero-order valence-electron chi connectivity index (χ0n) is 14.1. The minimum Gasteiger partial charge on any atom is -0.457 e. The lowest BCUT2D eigenvalue weighted by atomic mass is 10.1. The van der Waals surface area contributed by atoms with Crippen LogP contribution in [0.5, 0.6) is 11.5 Å². The van der Waals surface area contributed by atoms with E-state index in [9.17, 15) is 9.59 Å². The monoisotopic (exact) mass is 358 g/mol. The Morgan fingerprint density at radius 2 is 1.85 bits per heavy atom. The number of fused-ring (bicyclic) bond motifs is 1. The molecule has 0 amide bonds. The molecule has 0 bridgehead atoms. The number of hydrogen-bond donors (Lipinski definition) is 0. The third-order valence-electron chi connectivity index (χ3n) is 3.91. The van der Waals surface area contributed by atoms with Crippen molar-refractivity contribution in [3.05, 3.63) is 102 Å². The summed E-state index contributed by atoms with van der Waals surface area (Å²) in [4.78, 5) is 24.3. The van der Waals surface area contributed by atoms with E-state index < -0.39 is 5.97 Å². The highest BCUT2D eigenvalue weighted by Gasteiger charge is 2.27. The molecule has 0 saturated carbocycles. The fourth-order valence-electron chi connectivity index (χ4n) is 2.61. The third kappa shape index (κ3) is 3.57. The first-order valence-electron chi connectivity index (χ1n) is 8.26. The Balaban J connectivity index is 1.49. The summed E-state index contributed by atoms with van der Waals surface area (Å²) in [7, 11) is 0. The first kappa shape index (κ1) is 16.6. The van der Waals surface area contributed by atoms with Crippen LogP contribution in [0.15, 0.2) is 89.3 Å². The molecule has 2 heterocycles. The van der Waals surface area contributed by atoms with Crippen LogP contribution >= 0.6 is 0 Å². The number of furan rings is 1. The van der Waals surface area contributed by atoms with Crippen molar-refractivity contribution in [2.75, 3.05) is 0 Å². The Kier molecular flexibility index (Phi) is 4.41. The minimum absolute atomic E-state index is 0.0964. The van der Waals surface area contributed by atoms with E-state index in [1.807, 2.05) is 36.4 Å². The van der Waals surface area contributed by atoms with Gasteiger partial charge in [0.05, 0.1) is 11.8 Å². The average Bonchev–Trinajstić information content (AvgIpc) is 3.32. The maximum Gasteiger partial charge on any atom is 0.379 e. The van der Waals surface area contributed by atoms with Gasteiger partial charge < -0.3 is 13.9 Å². The lowest BCUT2D eigenvalue weighted by Gasteiger charge is -2.03. The number of ether oxygens (including phenoxy) is 2. The molecule has 1 aliphatic heterocycles. The maximum atomic E-state index is 12.4. The number of hydrogen-bond acceptors (Lipinski definition) is 5. The number of carbonyl (C=O) groups is 2. The van der Waals surface area contributed by atoms with Crippen molar-refractivity contribution in [2.45, 2.75) is 0 Å². The summed E-state index contributed by atoms with van der Waals surface area (Å²) in [5, 5.41) is 0. The second-order valence-corrected chi connectivity index (χ2v) is 5.76. The molecule has 0 spiro atoms. The van der Waals surface area contributed by atoms with Gasteiger partial charge in [-0.1, -0.05) is 42.5 Å². The molecule has 0 atom stereocenters. The van der Waals surface area contributed by atoms with Gasteiger partial charge in [0, 0.05) is 6.07 Å². The van der Waals surface area contributed by atoms with Gasteiger partial charge >= 0.3 is 5.97 Å². The molecular formula is C22H14O5. The summed E-state index contributed by atoms with van der Waals surface area (Å²) >= 11 is 0. The lowest BCUT2D eigenvalue weighted by Crippen LogP contribution is -2.07. The van der Waals surface area contributed by atoms with Crippen LogP contribution in [0.1, 0.15) is 26.5 Å².